The highest BCUT2D eigenvalue weighted by Crippen LogP contribution is 2.25. The Morgan fingerprint density at radius 2 is 2.08 bits per heavy atom. The fraction of sp³-hybridized carbons (Fsp3) is 0.625. The summed E-state index contributed by atoms with van der Waals surface area (Å²) >= 11 is 3.31. The summed E-state index contributed by atoms with van der Waals surface area (Å²) in [5, 5.41) is 4.26. The lowest BCUT2D eigenvalue weighted by Crippen LogP contribution is -2.22. The van der Waals surface area contributed by atoms with E-state index in [1.807, 2.05) is 10.9 Å². The Morgan fingerprint density at radius 3 is 2.33 bits per heavy atom. The van der Waals surface area contributed by atoms with E-state index in [9.17, 15) is 0 Å². The van der Waals surface area contributed by atoms with Crippen LogP contribution < -0.4 is 4.74 Å². The van der Waals surface area contributed by atoms with Crippen LogP contribution in [0.15, 0.2) is 10.8 Å². The summed E-state index contributed by atoms with van der Waals surface area (Å²) in [5.74, 6) is 0.768. The molecule has 3 nitrogen and oxygen atoms in total. The highest BCUT2D eigenvalue weighted by Gasteiger charge is 2.16. The van der Waals surface area contributed by atoms with E-state index in [-0.39, 0.29) is 5.54 Å². The molecule has 1 aromatic heterocycles. The number of aromatic nitrogens is 2. The first-order valence-corrected chi connectivity index (χ1v) is 4.54. The van der Waals surface area contributed by atoms with Crippen molar-refractivity contribution < 1.29 is 4.74 Å². The Kier molecular flexibility index (Phi) is 2.46. The summed E-state index contributed by atoms with van der Waals surface area (Å²) in [7, 11) is 1.63. The van der Waals surface area contributed by atoms with E-state index in [1.165, 1.54) is 0 Å². The molecule has 0 aliphatic carbocycles. The lowest BCUT2D eigenvalue weighted by atomic mass is 10.1. The van der Waals surface area contributed by atoms with Crippen LogP contribution in [-0.4, -0.2) is 16.9 Å². The van der Waals surface area contributed by atoms with Gasteiger partial charge in [-0.3, -0.25) is 4.68 Å². The van der Waals surface area contributed by atoms with Crippen molar-refractivity contribution in [2.75, 3.05) is 7.11 Å². The van der Waals surface area contributed by atoms with Gasteiger partial charge in [-0.05, 0) is 36.7 Å². The van der Waals surface area contributed by atoms with E-state index in [0.717, 1.165) is 10.4 Å². The van der Waals surface area contributed by atoms with Gasteiger partial charge in [0.15, 0.2) is 10.4 Å². The minimum Gasteiger partial charge on any atom is -0.492 e. The van der Waals surface area contributed by atoms with Gasteiger partial charge in [0.25, 0.3) is 0 Å². The highest BCUT2D eigenvalue weighted by molar-refractivity contribution is 9.10. The van der Waals surface area contributed by atoms with Gasteiger partial charge in [-0.1, -0.05) is 0 Å². The van der Waals surface area contributed by atoms with E-state index >= 15 is 0 Å². The fourth-order valence-electron chi connectivity index (χ4n) is 0.818. The number of halogens is 1. The predicted molar refractivity (Wildman–Crippen MR) is 51.5 cm³/mol. The molecule has 0 saturated heterocycles. The smallest absolute Gasteiger partial charge is 0.171 e. The Hall–Kier alpha value is -0.510. The Balaban J connectivity index is 3.05. The molecule has 0 atom stereocenters. The first-order chi connectivity index (χ1) is 5.45. The molecule has 1 aromatic rings. The summed E-state index contributed by atoms with van der Waals surface area (Å²) in [6, 6.07) is 0. The Bertz CT molecular complexity index is 275. The SMILES string of the molecule is COc1cn(C(C)(C)C)nc1Br. The average Bonchev–Trinajstić information content (AvgIpc) is 2.29. The van der Waals surface area contributed by atoms with Crippen molar-refractivity contribution in [2.24, 2.45) is 0 Å². The third-order valence-corrected chi connectivity index (χ3v) is 2.09. The molecular formula is C8H13BrN2O. The van der Waals surface area contributed by atoms with Crippen molar-refractivity contribution in [3.05, 3.63) is 10.8 Å². The zero-order chi connectivity index (χ0) is 9.35. The minimum atomic E-state index is -0.000694. The zero-order valence-electron chi connectivity index (χ0n) is 7.76. The molecule has 0 aliphatic heterocycles. The van der Waals surface area contributed by atoms with Crippen LogP contribution in [0.3, 0.4) is 0 Å². The minimum absolute atomic E-state index is 0.000694. The van der Waals surface area contributed by atoms with E-state index in [0.29, 0.717) is 0 Å². The lowest BCUT2D eigenvalue weighted by molar-refractivity contribution is 0.351. The summed E-state index contributed by atoms with van der Waals surface area (Å²) in [4.78, 5) is 0. The monoisotopic (exact) mass is 232 g/mol. The highest BCUT2D eigenvalue weighted by atomic mass is 79.9. The van der Waals surface area contributed by atoms with Crippen LogP contribution >= 0.6 is 15.9 Å². The van der Waals surface area contributed by atoms with Gasteiger partial charge in [-0.2, -0.15) is 5.10 Å². The van der Waals surface area contributed by atoms with E-state index < -0.39 is 0 Å². The summed E-state index contributed by atoms with van der Waals surface area (Å²) in [5.41, 5.74) is -0.000694. The van der Waals surface area contributed by atoms with Gasteiger partial charge in [-0.15, -0.1) is 0 Å². The van der Waals surface area contributed by atoms with Crippen molar-refractivity contribution >= 4 is 15.9 Å². The first-order valence-electron chi connectivity index (χ1n) is 3.75. The molecule has 0 saturated carbocycles. The quantitative estimate of drug-likeness (QED) is 0.744. The van der Waals surface area contributed by atoms with Gasteiger partial charge in [0, 0.05) is 0 Å². The molecule has 1 rings (SSSR count). The van der Waals surface area contributed by atoms with E-state index in [1.54, 1.807) is 7.11 Å². The molecule has 0 unspecified atom stereocenters. The maximum Gasteiger partial charge on any atom is 0.171 e. The maximum atomic E-state index is 5.09. The fourth-order valence-corrected chi connectivity index (χ4v) is 1.25. The van der Waals surface area contributed by atoms with Crippen LogP contribution in [0.5, 0.6) is 5.75 Å². The van der Waals surface area contributed by atoms with Crippen LogP contribution in [0.25, 0.3) is 0 Å². The van der Waals surface area contributed by atoms with Crippen LogP contribution in [0.4, 0.5) is 0 Å². The average molecular weight is 233 g/mol. The number of methoxy groups -OCH3 is 1. The molecule has 68 valence electrons. The molecule has 0 aliphatic rings. The van der Waals surface area contributed by atoms with E-state index in [2.05, 4.69) is 41.8 Å². The number of hydrogen-bond acceptors (Lipinski definition) is 2. The number of hydrogen-bond donors (Lipinski definition) is 0. The Labute approximate surface area is 80.8 Å². The van der Waals surface area contributed by atoms with Crippen LogP contribution in [0.1, 0.15) is 20.8 Å². The summed E-state index contributed by atoms with van der Waals surface area (Å²) < 4.78 is 7.71. The normalized spacial score (nSPS) is 11.8. The zero-order valence-corrected chi connectivity index (χ0v) is 9.34. The molecule has 0 radical (unpaired) electrons. The Morgan fingerprint density at radius 1 is 1.50 bits per heavy atom. The van der Waals surface area contributed by atoms with Crippen LogP contribution in [0.2, 0.25) is 0 Å². The molecule has 0 spiro atoms. The maximum absolute atomic E-state index is 5.09. The molecule has 0 bridgehead atoms. The molecule has 0 aromatic carbocycles. The third kappa shape index (κ3) is 1.80. The number of rotatable bonds is 1. The van der Waals surface area contributed by atoms with Gasteiger partial charge >= 0.3 is 0 Å². The summed E-state index contributed by atoms with van der Waals surface area (Å²) in [6.07, 6.45) is 1.88. The molecular weight excluding hydrogens is 220 g/mol. The largest absolute Gasteiger partial charge is 0.492 e. The van der Waals surface area contributed by atoms with Gasteiger partial charge in [0.1, 0.15) is 0 Å². The first kappa shape index (κ1) is 9.58. The van der Waals surface area contributed by atoms with Gasteiger partial charge in [-0.25, -0.2) is 0 Å². The van der Waals surface area contributed by atoms with Crippen LogP contribution in [-0.2, 0) is 5.54 Å². The van der Waals surface area contributed by atoms with Crippen molar-refractivity contribution in [1.82, 2.24) is 9.78 Å². The van der Waals surface area contributed by atoms with Crippen molar-refractivity contribution in [2.45, 2.75) is 26.3 Å². The second-order valence-corrected chi connectivity index (χ2v) is 4.35. The second-order valence-electron chi connectivity index (χ2n) is 3.60. The van der Waals surface area contributed by atoms with Gasteiger partial charge in [0.05, 0.1) is 18.8 Å². The van der Waals surface area contributed by atoms with Crippen molar-refractivity contribution in [3.63, 3.8) is 0 Å². The van der Waals surface area contributed by atoms with Crippen molar-refractivity contribution in [1.29, 1.82) is 0 Å². The van der Waals surface area contributed by atoms with Crippen LogP contribution in [0, 0.1) is 0 Å². The molecule has 12 heavy (non-hydrogen) atoms. The second kappa shape index (κ2) is 3.09. The van der Waals surface area contributed by atoms with E-state index in [4.69, 9.17) is 4.74 Å². The molecule has 4 heteroatoms. The number of nitrogens with zero attached hydrogens (tertiary/aromatic N) is 2. The molecule has 0 amide bonds. The molecule has 0 N–H and O–H groups in total. The van der Waals surface area contributed by atoms with Gasteiger partial charge in [0.2, 0.25) is 0 Å². The molecule has 0 fully saturated rings. The predicted octanol–water partition coefficient (Wildman–Crippen LogP) is 2.41. The topological polar surface area (TPSA) is 27.1 Å². The lowest BCUT2D eigenvalue weighted by Gasteiger charge is -2.18. The molecule has 1 heterocycles. The van der Waals surface area contributed by atoms with Crippen molar-refractivity contribution in [3.8, 4) is 5.75 Å². The van der Waals surface area contributed by atoms with Gasteiger partial charge < -0.3 is 4.74 Å². The third-order valence-electron chi connectivity index (χ3n) is 1.55. The standard InChI is InChI=1S/C8H13BrN2O/c1-8(2,3)11-5-6(12-4)7(9)10-11/h5H,1-4H3. The number of ether oxygens (including phenoxy) is 1. The summed E-state index contributed by atoms with van der Waals surface area (Å²) in [6.45, 7) is 6.27.